The highest BCUT2D eigenvalue weighted by molar-refractivity contribution is 14.1. The molecule has 1 rings (SSSR count). The number of nitrogens with zero attached hydrogens (tertiary/aromatic N) is 1. The van der Waals surface area contributed by atoms with Crippen LogP contribution in [-0.2, 0) is 0 Å². The lowest BCUT2D eigenvalue weighted by molar-refractivity contribution is -0.914. The molecule has 0 saturated carbocycles. The zero-order chi connectivity index (χ0) is 8.32. The first kappa shape index (κ1) is 9.52. The van der Waals surface area contributed by atoms with E-state index in [0.717, 1.165) is 0 Å². The van der Waals surface area contributed by atoms with E-state index in [-0.39, 0.29) is 0 Å². The smallest absolute Gasteiger partial charge is 0.129 e. The van der Waals surface area contributed by atoms with E-state index in [0.29, 0.717) is 0 Å². The van der Waals surface area contributed by atoms with Crippen LogP contribution in [0.2, 0.25) is 0 Å². The van der Waals surface area contributed by atoms with Crippen LogP contribution < -0.4 is 0 Å². The van der Waals surface area contributed by atoms with E-state index < -0.39 is 0 Å². The Morgan fingerprint density at radius 2 is 2.00 bits per heavy atom. The van der Waals surface area contributed by atoms with E-state index in [9.17, 15) is 0 Å². The highest BCUT2D eigenvalue weighted by Gasteiger charge is 2.27. The van der Waals surface area contributed by atoms with Crippen molar-refractivity contribution in [2.45, 2.75) is 19.8 Å². The number of hydrogen-bond acceptors (Lipinski definition) is 0. The number of likely N-dealkylation sites (tertiary alicyclic amines) is 1. The molecule has 0 unspecified atom stereocenters. The molecule has 0 aromatic carbocycles. The molecule has 11 heavy (non-hydrogen) atoms. The van der Waals surface area contributed by atoms with Crippen molar-refractivity contribution in [1.82, 2.24) is 0 Å². The molecular formula is C9H17IN+. The lowest BCUT2D eigenvalue weighted by Crippen LogP contribution is -2.50. The van der Waals surface area contributed by atoms with Crippen molar-refractivity contribution in [2.24, 2.45) is 0 Å². The predicted octanol–water partition coefficient (Wildman–Crippen LogP) is 2.57. The van der Waals surface area contributed by atoms with Crippen molar-refractivity contribution in [3.63, 3.8) is 0 Å². The SMILES string of the molecule is C=C1CC[N+](CC)(CI)CC1. The van der Waals surface area contributed by atoms with Crippen LogP contribution in [0.5, 0.6) is 0 Å². The Hall–Kier alpha value is 0.430. The Morgan fingerprint density at radius 1 is 1.45 bits per heavy atom. The van der Waals surface area contributed by atoms with E-state index in [1.165, 1.54) is 47.1 Å². The van der Waals surface area contributed by atoms with E-state index >= 15 is 0 Å². The molecule has 0 spiro atoms. The molecule has 0 N–H and O–H groups in total. The van der Waals surface area contributed by atoms with Crippen LogP contribution in [0.15, 0.2) is 12.2 Å². The average Bonchev–Trinajstić information content (AvgIpc) is 2.07. The minimum Gasteiger partial charge on any atom is -0.315 e. The Morgan fingerprint density at radius 3 is 2.36 bits per heavy atom. The second kappa shape index (κ2) is 3.90. The number of hydrogen-bond donors (Lipinski definition) is 0. The molecule has 1 aliphatic heterocycles. The van der Waals surface area contributed by atoms with E-state index in [4.69, 9.17) is 0 Å². The molecule has 1 heterocycles. The summed E-state index contributed by atoms with van der Waals surface area (Å²) in [6.45, 7) is 10.3. The van der Waals surface area contributed by atoms with Gasteiger partial charge in [0.1, 0.15) is 4.55 Å². The first-order valence-corrected chi connectivity index (χ1v) is 5.83. The monoisotopic (exact) mass is 266 g/mol. The molecule has 0 aromatic heterocycles. The van der Waals surface area contributed by atoms with Gasteiger partial charge in [-0.1, -0.05) is 12.2 Å². The van der Waals surface area contributed by atoms with Crippen molar-refractivity contribution < 1.29 is 4.48 Å². The van der Waals surface area contributed by atoms with Crippen LogP contribution in [0.25, 0.3) is 0 Å². The van der Waals surface area contributed by atoms with Gasteiger partial charge in [-0.3, -0.25) is 0 Å². The largest absolute Gasteiger partial charge is 0.315 e. The number of alkyl halides is 1. The number of rotatable bonds is 2. The number of halogens is 1. The standard InChI is InChI=1S/C9H17IN/c1-3-11(8-10)6-4-9(2)5-7-11/h2-8H2,1H3/q+1. The van der Waals surface area contributed by atoms with Gasteiger partial charge in [-0.25, -0.2) is 0 Å². The Labute approximate surface area is 83.2 Å². The zero-order valence-electron chi connectivity index (χ0n) is 7.27. The molecule has 2 heteroatoms. The molecule has 1 saturated heterocycles. The van der Waals surface area contributed by atoms with Crippen LogP contribution in [0.4, 0.5) is 0 Å². The van der Waals surface area contributed by atoms with Gasteiger partial charge in [0.2, 0.25) is 0 Å². The predicted molar refractivity (Wildman–Crippen MR) is 57.8 cm³/mol. The number of piperidine rings is 1. The molecule has 1 nitrogen and oxygen atoms in total. The molecule has 0 aromatic rings. The van der Waals surface area contributed by atoms with Crippen molar-refractivity contribution in [3.8, 4) is 0 Å². The van der Waals surface area contributed by atoms with Crippen molar-refractivity contribution >= 4 is 22.6 Å². The van der Waals surface area contributed by atoms with Gasteiger partial charge < -0.3 is 4.48 Å². The van der Waals surface area contributed by atoms with Crippen LogP contribution in [0.3, 0.4) is 0 Å². The maximum absolute atomic E-state index is 4.04. The minimum atomic E-state index is 1.25. The summed E-state index contributed by atoms with van der Waals surface area (Å²) in [7, 11) is 0. The van der Waals surface area contributed by atoms with Crippen molar-refractivity contribution in [1.29, 1.82) is 0 Å². The lowest BCUT2D eigenvalue weighted by atomic mass is 10.0. The van der Waals surface area contributed by atoms with Gasteiger partial charge in [0, 0.05) is 12.8 Å². The van der Waals surface area contributed by atoms with Gasteiger partial charge in [-0.05, 0) is 29.5 Å². The third kappa shape index (κ3) is 2.18. The van der Waals surface area contributed by atoms with Crippen LogP contribution in [0.1, 0.15) is 19.8 Å². The third-order valence-corrected chi connectivity index (χ3v) is 4.25. The van der Waals surface area contributed by atoms with Gasteiger partial charge in [0.05, 0.1) is 19.6 Å². The van der Waals surface area contributed by atoms with E-state index in [1.807, 2.05) is 0 Å². The fourth-order valence-electron chi connectivity index (χ4n) is 1.55. The van der Waals surface area contributed by atoms with Gasteiger partial charge >= 0.3 is 0 Å². The van der Waals surface area contributed by atoms with Gasteiger partial charge in [0.25, 0.3) is 0 Å². The van der Waals surface area contributed by atoms with E-state index in [1.54, 1.807) is 0 Å². The Bertz CT molecular complexity index is 138. The Balaban J connectivity index is 2.52. The molecule has 1 fully saturated rings. The maximum Gasteiger partial charge on any atom is 0.129 e. The zero-order valence-corrected chi connectivity index (χ0v) is 9.43. The summed E-state index contributed by atoms with van der Waals surface area (Å²) in [5, 5.41) is 0. The number of quaternary nitrogens is 1. The summed E-state index contributed by atoms with van der Waals surface area (Å²) in [4.78, 5) is 0. The lowest BCUT2D eigenvalue weighted by Gasteiger charge is -2.39. The molecular weight excluding hydrogens is 249 g/mol. The van der Waals surface area contributed by atoms with Crippen LogP contribution in [-0.4, -0.2) is 28.7 Å². The van der Waals surface area contributed by atoms with Crippen LogP contribution in [0, 0.1) is 0 Å². The molecule has 0 amide bonds. The summed E-state index contributed by atoms with van der Waals surface area (Å²) in [5.74, 6) is 0. The summed E-state index contributed by atoms with van der Waals surface area (Å²) >= 11 is 2.51. The average molecular weight is 266 g/mol. The first-order chi connectivity index (χ1) is 5.22. The summed E-state index contributed by atoms with van der Waals surface area (Å²) in [6.07, 6.45) is 2.49. The van der Waals surface area contributed by atoms with Crippen LogP contribution >= 0.6 is 22.6 Å². The normalized spacial score (nSPS) is 23.6. The van der Waals surface area contributed by atoms with Gasteiger partial charge in [-0.2, -0.15) is 0 Å². The molecule has 64 valence electrons. The second-order valence-corrected chi connectivity index (χ2v) is 4.16. The highest BCUT2D eigenvalue weighted by atomic mass is 127. The molecule has 1 aliphatic rings. The third-order valence-electron chi connectivity index (χ3n) is 2.80. The topological polar surface area (TPSA) is 0 Å². The summed E-state index contributed by atoms with van der Waals surface area (Å²) in [6, 6.07) is 0. The molecule has 0 bridgehead atoms. The van der Waals surface area contributed by atoms with Gasteiger partial charge in [0.15, 0.2) is 0 Å². The molecule has 0 atom stereocenters. The summed E-state index contributed by atoms with van der Waals surface area (Å²) < 4.78 is 2.57. The summed E-state index contributed by atoms with van der Waals surface area (Å²) in [5.41, 5.74) is 1.46. The fourth-order valence-corrected chi connectivity index (χ4v) is 2.71. The quantitative estimate of drug-likeness (QED) is 0.237. The van der Waals surface area contributed by atoms with E-state index in [2.05, 4.69) is 36.1 Å². The fraction of sp³-hybridized carbons (Fsp3) is 0.778. The second-order valence-electron chi connectivity index (χ2n) is 3.47. The highest BCUT2D eigenvalue weighted by Crippen LogP contribution is 2.22. The van der Waals surface area contributed by atoms with Crippen molar-refractivity contribution in [3.05, 3.63) is 12.2 Å². The van der Waals surface area contributed by atoms with Gasteiger partial charge in [-0.15, -0.1) is 0 Å². The first-order valence-electron chi connectivity index (χ1n) is 4.30. The minimum absolute atomic E-state index is 1.25. The molecule has 0 radical (unpaired) electrons. The molecule has 0 aliphatic carbocycles. The maximum atomic E-state index is 4.04. The van der Waals surface area contributed by atoms with Crippen molar-refractivity contribution in [2.75, 3.05) is 24.2 Å². The Kier molecular flexibility index (Phi) is 3.37.